The van der Waals surface area contributed by atoms with Crippen LogP contribution in [0.4, 0.5) is 28.9 Å². The van der Waals surface area contributed by atoms with Crippen molar-refractivity contribution in [2.75, 3.05) is 137 Å². The van der Waals surface area contributed by atoms with Crippen molar-refractivity contribution < 1.29 is 79.3 Å². The first-order chi connectivity index (χ1) is 34.6. The Morgan fingerprint density at radius 3 is 1.61 bits per heavy atom. The highest BCUT2D eigenvalue weighted by molar-refractivity contribution is 6.10. The van der Waals surface area contributed by atoms with E-state index in [9.17, 15) is 27.2 Å². The Morgan fingerprint density at radius 2 is 1.10 bits per heavy atom. The smallest absolute Gasteiger partial charge is 0.313 e. The van der Waals surface area contributed by atoms with Crippen LogP contribution in [0.1, 0.15) is 48.7 Å². The van der Waals surface area contributed by atoms with Crippen molar-refractivity contribution in [1.29, 1.82) is 0 Å². The molecule has 0 unspecified atom stereocenters. The maximum absolute atomic E-state index is 13.6. The average molecular weight is 1010 g/mol. The molecule has 2 aromatic heterocycles. The number of pyridine rings is 2. The van der Waals surface area contributed by atoms with Gasteiger partial charge in [-0.3, -0.25) is 24.5 Å². The lowest BCUT2D eigenvalue weighted by atomic mass is 10.1. The molecule has 0 bridgehead atoms. The van der Waals surface area contributed by atoms with E-state index in [1.807, 2.05) is 25.1 Å². The maximum atomic E-state index is 13.6. The SMILES string of the molecule is CC1=Cc2ncc(C3=NCc4ncc(CC(=O)CCOCCOCCOCCOCCOCCOCCOCCOCCOCCOCCC(=O)Oc5c(F)c(F)cc(F)c5F)cc4N3)cc2N=C(N)C1. The van der Waals surface area contributed by atoms with Gasteiger partial charge in [-0.15, -0.1) is 0 Å². The highest BCUT2D eigenvalue weighted by Gasteiger charge is 2.23. The number of halogens is 4. The number of esters is 1. The molecule has 0 saturated carbocycles. The Hall–Kier alpha value is -5.34. The topological polar surface area (TPSA) is 224 Å². The number of hydrogen-bond acceptors (Lipinski definition) is 19. The molecule has 2 aliphatic rings. The van der Waals surface area contributed by atoms with Crippen molar-refractivity contribution >= 4 is 40.9 Å². The van der Waals surface area contributed by atoms with E-state index in [0.717, 1.165) is 33.8 Å². The van der Waals surface area contributed by atoms with E-state index >= 15 is 0 Å². The van der Waals surface area contributed by atoms with Gasteiger partial charge in [-0.25, -0.2) is 13.8 Å². The number of nitrogens with zero attached hydrogens (tertiary/aromatic N) is 4. The Bertz CT molecular complexity index is 2210. The molecule has 0 radical (unpaired) electrons. The van der Waals surface area contributed by atoms with Crippen molar-refractivity contribution in [1.82, 2.24) is 9.97 Å². The molecular weight excluding hydrogens is 945 g/mol. The summed E-state index contributed by atoms with van der Waals surface area (Å²) in [6.45, 7) is 9.13. The van der Waals surface area contributed by atoms with E-state index in [0.29, 0.717) is 136 Å². The molecule has 23 heteroatoms. The van der Waals surface area contributed by atoms with Gasteiger partial charge in [0.2, 0.25) is 17.4 Å². The second-order valence-electron chi connectivity index (χ2n) is 15.6. The van der Waals surface area contributed by atoms with Crippen molar-refractivity contribution in [3.05, 3.63) is 81.9 Å². The van der Waals surface area contributed by atoms with Gasteiger partial charge in [0, 0.05) is 43.3 Å². The highest BCUT2D eigenvalue weighted by atomic mass is 19.2. The second-order valence-corrected chi connectivity index (χ2v) is 15.6. The lowest BCUT2D eigenvalue weighted by Gasteiger charge is -2.19. The molecule has 3 aromatic rings. The fraction of sp³-hybridized carbons (Fsp3) is 0.542. The first-order valence-electron chi connectivity index (χ1n) is 23.2. The molecule has 390 valence electrons. The summed E-state index contributed by atoms with van der Waals surface area (Å²) in [5.41, 5.74) is 11.8. The van der Waals surface area contributed by atoms with Crippen LogP contribution in [-0.4, -0.2) is 166 Å². The van der Waals surface area contributed by atoms with Gasteiger partial charge in [0.1, 0.15) is 17.5 Å². The number of anilines is 1. The van der Waals surface area contributed by atoms with Crippen LogP contribution < -0.4 is 15.8 Å². The van der Waals surface area contributed by atoms with Crippen LogP contribution in [0.2, 0.25) is 0 Å². The summed E-state index contributed by atoms with van der Waals surface area (Å²) < 4.78 is 112. The van der Waals surface area contributed by atoms with Gasteiger partial charge in [-0.1, -0.05) is 5.57 Å². The third-order valence-electron chi connectivity index (χ3n) is 9.96. The minimum atomic E-state index is -1.80. The van der Waals surface area contributed by atoms with Gasteiger partial charge in [-0.2, -0.15) is 8.78 Å². The Kier molecular flexibility index (Phi) is 26.0. The van der Waals surface area contributed by atoms with Crippen molar-refractivity contribution in [3.63, 3.8) is 0 Å². The summed E-state index contributed by atoms with van der Waals surface area (Å²) in [5, 5.41) is 3.35. The third kappa shape index (κ3) is 21.5. The number of aromatic nitrogens is 2. The Morgan fingerprint density at radius 1 is 0.620 bits per heavy atom. The number of hydrogen-bond donors (Lipinski definition) is 2. The van der Waals surface area contributed by atoms with Gasteiger partial charge in [0.25, 0.3) is 0 Å². The van der Waals surface area contributed by atoms with Crippen LogP contribution in [0, 0.1) is 23.3 Å². The van der Waals surface area contributed by atoms with E-state index in [1.54, 1.807) is 12.4 Å². The van der Waals surface area contributed by atoms with Gasteiger partial charge in [0.15, 0.2) is 11.6 Å². The summed E-state index contributed by atoms with van der Waals surface area (Å²) in [6.07, 6.45) is 6.18. The van der Waals surface area contributed by atoms with E-state index in [2.05, 4.69) is 30.0 Å². The zero-order valence-electron chi connectivity index (χ0n) is 39.8. The number of aliphatic imine (C=N–C) groups is 2. The van der Waals surface area contributed by atoms with Crippen molar-refractivity contribution in [2.45, 2.75) is 39.2 Å². The minimum absolute atomic E-state index is 0.0156. The predicted molar refractivity (Wildman–Crippen MR) is 250 cm³/mol. The monoisotopic (exact) mass is 1010 g/mol. The molecule has 0 saturated heterocycles. The number of nitrogens with two attached hydrogens (primary N) is 1. The van der Waals surface area contributed by atoms with Crippen molar-refractivity contribution in [3.8, 4) is 5.75 Å². The minimum Gasteiger partial charge on any atom is -0.420 e. The lowest BCUT2D eigenvalue weighted by molar-refractivity contribution is -0.136. The zero-order valence-corrected chi connectivity index (χ0v) is 39.8. The number of rotatable bonds is 37. The predicted octanol–water partition coefficient (Wildman–Crippen LogP) is 4.86. The number of nitrogens with one attached hydrogen (secondary N) is 1. The van der Waals surface area contributed by atoms with Gasteiger partial charge < -0.3 is 63.2 Å². The molecular formula is C48H62F4N6O13. The zero-order chi connectivity index (χ0) is 50.5. The van der Waals surface area contributed by atoms with Crippen molar-refractivity contribution in [2.24, 2.45) is 15.7 Å². The van der Waals surface area contributed by atoms with E-state index < -0.39 is 41.4 Å². The molecule has 2 aliphatic heterocycles. The standard InChI is InChI=1S/C48H62F4N6O13/c1-33-24-39-41(57-43(53)25-33)28-35(31-55-39)48-56-32-42-40(58-48)27-34(30-54-42)26-36(59)2-4-61-6-8-63-10-12-65-14-16-67-18-20-69-22-23-70-21-19-68-17-15-66-13-11-64-9-7-62-5-3-44(60)71-47-45(51)37(49)29-38(50)46(47)52/h24,27-31H,2-23,25-26,32H2,1H3,(H2,53,57)(H,56,58). The van der Waals surface area contributed by atoms with Crippen LogP contribution in [0.25, 0.3) is 6.08 Å². The Balaban J connectivity index is 0.719. The summed E-state index contributed by atoms with van der Waals surface area (Å²) in [7, 11) is 0. The molecule has 5 rings (SSSR count). The fourth-order valence-electron chi connectivity index (χ4n) is 6.45. The van der Waals surface area contributed by atoms with Crippen LogP contribution in [0.5, 0.6) is 5.75 Å². The normalized spacial score (nSPS) is 13.2. The number of carbonyl (C=O) groups excluding carboxylic acids is 2. The molecule has 4 heterocycles. The third-order valence-corrected chi connectivity index (χ3v) is 9.96. The summed E-state index contributed by atoms with van der Waals surface area (Å²) in [6, 6.07) is 3.87. The molecule has 1 aromatic carbocycles. The molecule has 0 spiro atoms. The van der Waals surface area contributed by atoms with Crippen LogP contribution >= 0.6 is 0 Å². The van der Waals surface area contributed by atoms with Crippen LogP contribution in [0.15, 0.2) is 46.2 Å². The van der Waals surface area contributed by atoms with Crippen LogP contribution in [0.3, 0.4) is 0 Å². The number of ketones is 1. The average Bonchev–Trinajstić information content (AvgIpc) is 3.50. The van der Waals surface area contributed by atoms with Gasteiger partial charge >= 0.3 is 5.97 Å². The Labute approximate surface area is 409 Å². The number of fused-ring (bicyclic) bond motifs is 2. The van der Waals surface area contributed by atoms with Gasteiger partial charge in [-0.05, 0) is 30.7 Å². The molecule has 19 nitrogen and oxygen atoms in total. The highest BCUT2D eigenvalue weighted by Crippen LogP contribution is 2.29. The molecule has 0 fully saturated rings. The van der Waals surface area contributed by atoms with Crippen LogP contribution in [-0.2, 0) is 69.9 Å². The second kappa shape index (κ2) is 32.6. The summed E-state index contributed by atoms with van der Waals surface area (Å²) >= 11 is 0. The van der Waals surface area contributed by atoms with E-state index in [1.165, 1.54) is 0 Å². The molecule has 71 heavy (non-hydrogen) atoms. The van der Waals surface area contributed by atoms with E-state index in [4.69, 9.17) is 53.1 Å². The molecule has 0 atom stereocenters. The fourth-order valence-corrected chi connectivity index (χ4v) is 6.45. The number of ether oxygens (including phenoxy) is 11. The van der Waals surface area contributed by atoms with Gasteiger partial charge in [0.05, 0.1) is 168 Å². The number of Topliss-reactive ketones (excluding diaryl/α,β-unsaturated/α-hetero) is 1. The maximum Gasteiger partial charge on any atom is 0.313 e. The largest absolute Gasteiger partial charge is 0.420 e. The first kappa shape index (κ1) is 56.6. The number of carbonyl (C=O) groups is 2. The molecule has 0 amide bonds. The lowest BCUT2D eigenvalue weighted by Crippen LogP contribution is -2.20. The number of benzene rings is 1. The molecule has 3 N–H and O–H groups in total. The first-order valence-corrected chi connectivity index (χ1v) is 23.2. The summed E-state index contributed by atoms with van der Waals surface area (Å²) in [4.78, 5) is 42.7. The van der Waals surface area contributed by atoms with E-state index in [-0.39, 0.29) is 51.1 Å². The molecule has 0 aliphatic carbocycles. The summed E-state index contributed by atoms with van der Waals surface area (Å²) in [5.74, 6) is -8.28. The number of amidine groups is 2. The quantitative estimate of drug-likeness (QED) is 0.0259.